The molecule has 0 aromatic heterocycles. The van der Waals surface area contributed by atoms with E-state index in [0.717, 1.165) is 15.7 Å². The molecule has 0 unspecified atom stereocenters. The lowest BCUT2D eigenvalue weighted by Gasteiger charge is -2.24. The minimum Gasteiger partial charge on any atom is -0.343 e. The van der Waals surface area contributed by atoms with Gasteiger partial charge in [-0.25, -0.2) is 0 Å². The van der Waals surface area contributed by atoms with Crippen LogP contribution in [0.5, 0.6) is 0 Å². The number of aryl methyl sites for hydroxylation is 2. The van der Waals surface area contributed by atoms with Gasteiger partial charge in [-0.3, -0.25) is 0 Å². The summed E-state index contributed by atoms with van der Waals surface area (Å²) in [6.45, 7) is 6.25. The summed E-state index contributed by atoms with van der Waals surface area (Å²) >= 11 is 3.66. The van der Waals surface area contributed by atoms with Gasteiger partial charge in [-0.2, -0.15) is 0 Å². The predicted molar refractivity (Wildman–Crippen MR) is 90.7 cm³/mol. The Morgan fingerprint density at radius 1 is 1.05 bits per heavy atom. The monoisotopic (exact) mass is 332 g/mol. The Labute approximate surface area is 129 Å². The molecule has 0 radical (unpaired) electrons. The van der Waals surface area contributed by atoms with Crippen molar-refractivity contribution in [2.45, 2.75) is 26.8 Å². The minimum atomic E-state index is 0.0479. The highest BCUT2D eigenvalue weighted by Crippen LogP contribution is 2.34. The van der Waals surface area contributed by atoms with E-state index < -0.39 is 0 Å². The number of halogens is 1. The van der Waals surface area contributed by atoms with E-state index in [4.69, 9.17) is 5.73 Å². The molecule has 1 atom stereocenters. The van der Waals surface area contributed by atoms with Crippen LogP contribution in [0.1, 0.15) is 29.7 Å². The number of nitrogens with two attached hydrogens (primary N) is 1. The number of nitrogens with zero attached hydrogens (tertiary/aromatic N) is 1. The molecule has 0 heterocycles. The van der Waals surface area contributed by atoms with Gasteiger partial charge in [0.05, 0.1) is 5.69 Å². The topological polar surface area (TPSA) is 29.3 Å². The molecule has 0 aliphatic heterocycles. The maximum absolute atomic E-state index is 5.93. The van der Waals surface area contributed by atoms with Crippen molar-refractivity contribution in [2.24, 2.45) is 5.73 Å². The summed E-state index contributed by atoms with van der Waals surface area (Å²) in [6.07, 6.45) is 0. The van der Waals surface area contributed by atoms with Crippen LogP contribution in [0.4, 0.5) is 11.4 Å². The summed E-state index contributed by atoms with van der Waals surface area (Å²) in [4.78, 5) is 2.20. The van der Waals surface area contributed by atoms with Crippen molar-refractivity contribution < 1.29 is 0 Å². The van der Waals surface area contributed by atoms with Crippen LogP contribution in [0, 0.1) is 13.8 Å². The van der Waals surface area contributed by atoms with Gasteiger partial charge >= 0.3 is 0 Å². The van der Waals surface area contributed by atoms with Gasteiger partial charge in [0.1, 0.15) is 0 Å². The number of hydrogen-bond acceptors (Lipinski definition) is 2. The molecule has 2 N–H and O–H groups in total. The molecule has 2 aromatic rings. The van der Waals surface area contributed by atoms with Crippen LogP contribution in [0.3, 0.4) is 0 Å². The zero-order chi connectivity index (χ0) is 14.9. The molecular weight excluding hydrogens is 312 g/mol. The Hall–Kier alpha value is -1.32. The van der Waals surface area contributed by atoms with Crippen LogP contribution in [-0.4, -0.2) is 7.05 Å². The quantitative estimate of drug-likeness (QED) is 0.870. The van der Waals surface area contributed by atoms with Crippen LogP contribution in [0.15, 0.2) is 40.9 Å². The van der Waals surface area contributed by atoms with Crippen molar-refractivity contribution in [3.05, 3.63) is 57.6 Å². The molecule has 0 fully saturated rings. The second kappa shape index (κ2) is 5.98. The summed E-state index contributed by atoms with van der Waals surface area (Å²) in [5.41, 5.74) is 12.0. The second-order valence-electron chi connectivity index (χ2n) is 5.35. The van der Waals surface area contributed by atoms with E-state index in [-0.39, 0.29) is 6.04 Å². The smallest absolute Gasteiger partial charge is 0.0552 e. The van der Waals surface area contributed by atoms with E-state index in [1.165, 1.54) is 16.8 Å². The molecule has 0 bridgehead atoms. The summed E-state index contributed by atoms with van der Waals surface area (Å²) in [5.74, 6) is 0. The highest BCUT2D eigenvalue weighted by Gasteiger charge is 2.11. The fraction of sp³-hybridized carbons (Fsp3) is 0.294. The zero-order valence-corrected chi connectivity index (χ0v) is 14.0. The first-order chi connectivity index (χ1) is 9.40. The Balaban J connectivity index is 2.40. The van der Waals surface area contributed by atoms with Gasteiger partial charge in [0.25, 0.3) is 0 Å². The molecule has 20 heavy (non-hydrogen) atoms. The van der Waals surface area contributed by atoms with Gasteiger partial charge in [0.15, 0.2) is 0 Å². The lowest BCUT2D eigenvalue weighted by molar-refractivity contribution is 0.817. The third-order valence-corrected chi connectivity index (χ3v) is 4.21. The fourth-order valence-electron chi connectivity index (χ4n) is 2.39. The second-order valence-corrected chi connectivity index (χ2v) is 6.20. The van der Waals surface area contributed by atoms with Crippen molar-refractivity contribution in [3.63, 3.8) is 0 Å². The maximum atomic E-state index is 5.93. The van der Waals surface area contributed by atoms with E-state index in [0.29, 0.717) is 0 Å². The summed E-state index contributed by atoms with van der Waals surface area (Å²) in [7, 11) is 2.09. The third-order valence-electron chi connectivity index (χ3n) is 3.57. The Bertz CT molecular complexity index is 620. The van der Waals surface area contributed by atoms with Crippen LogP contribution in [-0.2, 0) is 0 Å². The molecule has 0 aliphatic rings. The Morgan fingerprint density at radius 2 is 1.70 bits per heavy atom. The molecule has 2 aromatic carbocycles. The van der Waals surface area contributed by atoms with Crippen LogP contribution < -0.4 is 10.6 Å². The molecule has 0 spiro atoms. The zero-order valence-electron chi connectivity index (χ0n) is 12.4. The van der Waals surface area contributed by atoms with Crippen LogP contribution >= 0.6 is 15.9 Å². The molecule has 3 heteroatoms. The Morgan fingerprint density at radius 3 is 2.25 bits per heavy atom. The number of rotatable bonds is 3. The third kappa shape index (κ3) is 3.05. The van der Waals surface area contributed by atoms with E-state index >= 15 is 0 Å². The number of benzene rings is 2. The molecule has 106 valence electrons. The fourth-order valence-corrected chi connectivity index (χ4v) is 3.05. The summed E-state index contributed by atoms with van der Waals surface area (Å²) in [6, 6.07) is 12.9. The van der Waals surface area contributed by atoms with Gasteiger partial charge in [0, 0.05) is 23.2 Å². The molecular formula is C17H21BrN2. The van der Waals surface area contributed by atoms with Crippen LogP contribution in [0.2, 0.25) is 0 Å². The summed E-state index contributed by atoms with van der Waals surface area (Å²) in [5, 5.41) is 0. The van der Waals surface area contributed by atoms with Crippen molar-refractivity contribution in [1.29, 1.82) is 0 Å². The van der Waals surface area contributed by atoms with Gasteiger partial charge in [-0.1, -0.05) is 23.8 Å². The largest absolute Gasteiger partial charge is 0.343 e. The van der Waals surface area contributed by atoms with E-state index in [2.05, 4.69) is 78.1 Å². The highest BCUT2D eigenvalue weighted by molar-refractivity contribution is 9.10. The normalized spacial score (nSPS) is 12.3. The van der Waals surface area contributed by atoms with Crippen molar-refractivity contribution in [1.82, 2.24) is 0 Å². The number of anilines is 2. The van der Waals surface area contributed by atoms with Crippen molar-refractivity contribution in [3.8, 4) is 0 Å². The average Bonchev–Trinajstić information content (AvgIpc) is 2.37. The maximum Gasteiger partial charge on any atom is 0.0552 e. The lowest BCUT2D eigenvalue weighted by Crippen LogP contribution is -2.12. The van der Waals surface area contributed by atoms with E-state index in [9.17, 15) is 0 Å². The van der Waals surface area contributed by atoms with Crippen molar-refractivity contribution >= 4 is 27.3 Å². The number of hydrogen-bond donors (Lipinski definition) is 1. The van der Waals surface area contributed by atoms with Crippen molar-refractivity contribution in [2.75, 3.05) is 11.9 Å². The van der Waals surface area contributed by atoms with E-state index in [1.807, 2.05) is 6.92 Å². The Kier molecular flexibility index (Phi) is 4.51. The predicted octanol–water partition coefficient (Wildman–Crippen LogP) is 4.85. The SMILES string of the molecule is Cc1ccc(N(C)c2ccc([C@H](C)N)cc2Br)c(C)c1. The molecule has 0 aliphatic carbocycles. The van der Waals surface area contributed by atoms with Gasteiger partial charge in [-0.05, 0) is 66.0 Å². The molecule has 0 amide bonds. The van der Waals surface area contributed by atoms with Gasteiger partial charge in [-0.15, -0.1) is 0 Å². The molecule has 0 saturated carbocycles. The van der Waals surface area contributed by atoms with E-state index in [1.54, 1.807) is 0 Å². The minimum absolute atomic E-state index is 0.0479. The first kappa shape index (κ1) is 15.1. The molecule has 2 nitrogen and oxygen atoms in total. The van der Waals surface area contributed by atoms with Gasteiger partial charge < -0.3 is 10.6 Å². The lowest BCUT2D eigenvalue weighted by atomic mass is 10.1. The molecule has 2 rings (SSSR count). The summed E-state index contributed by atoms with van der Waals surface area (Å²) < 4.78 is 1.06. The average molecular weight is 333 g/mol. The standard InChI is InChI=1S/C17H21BrN2/c1-11-5-7-16(12(2)9-11)20(4)17-8-6-14(13(3)19)10-15(17)18/h5-10,13H,19H2,1-4H3/t13-/m0/s1. The highest BCUT2D eigenvalue weighted by atomic mass is 79.9. The van der Waals surface area contributed by atoms with Crippen LogP contribution in [0.25, 0.3) is 0 Å². The first-order valence-corrected chi connectivity index (χ1v) is 7.55. The molecule has 0 saturated heterocycles. The first-order valence-electron chi connectivity index (χ1n) is 6.76. The van der Waals surface area contributed by atoms with Gasteiger partial charge in [0.2, 0.25) is 0 Å².